The molecule has 0 aliphatic heterocycles. The number of carbonyl (C=O) groups is 1. The van der Waals surface area contributed by atoms with E-state index >= 15 is 0 Å². The number of hydrogen-bond acceptors (Lipinski definition) is 4. The lowest BCUT2D eigenvalue weighted by atomic mass is 10.2. The highest BCUT2D eigenvalue weighted by Crippen LogP contribution is 2.19. The van der Waals surface area contributed by atoms with E-state index in [0.29, 0.717) is 17.1 Å². The Morgan fingerprint density at radius 2 is 2.04 bits per heavy atom. The predicted molar refractivity (Wildman–Crippen MR) is 104 cm³/mol. The fourth-order valence-corrected chi connectivity index (χ4v) is 2.70. The summed E-state index contributed by atoms with van der Waals surface area (Å²) in [5.41, 5.74) is 4.14. The highest BCUT2D eigenvalue weighted by Gasteiger charge is 2.09. The molecular formula is C18H14BrClN4O2. The van der Waals surface area contributed by atoms with Crippen LogP contribution in [0.3, 0.4) is 0 Å². The molecule has 1 amide bonds. The zero-order chi connectivity index (χ0) is 18.5. The van der Waals surface area contributed by atoms with Gasteiger partial charge in [0.1, 0.15) is 5.75 Å². The molecule has 1 aromatic heterocycles. The van der Waals surface area contributed by atoms with E-state index in [1.165, 1.54) is 12.3 Å². The number of phenolic OH excluding ortho intramolecular Hbond substituents is 1. The van der Waals surface area contributed by atoms with Crippen LogP contribution in [0.5, 0.6) is 5.75 Å². The van der Waals surface area contributed by atoms with Gasteiger partial charge in [0.15, 0.2) is 5.69 Å². The normalized spacial score (nSPS) is 11.0. The first-order valence-electron chi connectivity index (χ1n) is 7.61. The van der Waals surface area contributed by atoms with Gasteiger partial charge in [-0.25, -0.2) is 5.43 Å². The van der Waals surface area contributed by atoms with Crippen molar-refractivity contribution in [2.45, 2.75) is 6.54 Å². The van der Waals surface area contributed by atoms with Crippen molar-refractivity contribution in [2.75, 3.05) is 0 Å². The molecule has 0 fully saturated rings. The van der Waals surface area contributed by atoms with Crippen LogP contribution in [0.1, 0.15) is 21.6 Å². The van der Waals surface area contributed by atoms with E-state index in [1.807, 2.05) is 12.1 Å². The zero-order valence-electron chi connectivity index (χ0n) is 13.4. The van der Waals surface area contributed by atoms with Crippen LogP contribution in [0.2, 0.25) is 5.02 Å². The van der Waals surface area contributed by atoms with E-state index in [2.05, 4.69) is 31.6 Å². The van der Waals surface area contributed by atoms with Gasteiger partial charge in [0.2, 0.25) is 0 Å². The lowest BCUT2D eigenvalue weighted by Gasteiger charge is -2.02. The summed E-state index contributed by atoms with van der Waals surface area (Å²) < 4.78 is 2.45. The molecule has 3 aromatic rings. The van der Waals surface area contributed by atoms with Gasteiger partial charge in [-0.05, 0) is 42.0 Å². The van der Waals surface area contributed by atoms with Gasteiger partial charge in [0.25, 0.3) is 5.91 Å². The van der Waals surface area contributed by atoms with Gasteiger partial charge in [-0.15, -0.1) is 0 Å². The molecule has 1 heterocycles. The van der Waals surface area contributed by atoms with E-state index in [9.17, 15) is 9.90 Å². The van der Waals surface area contributed by atoms with Gasteiger partial charge in [0.05, 0.1) is 12.8 Å². The van der Waals surface area contributed by atoms with E-state index < -0.39 is 5.91 Å². The highest BCUT2D eigenvalue weighted by atomic mass is 79.9. The summed E-state index contributed by atoms with van der Waals surface area (Å²) in [6.07, 6.45) is 3.08. The number of hydrazone groups is 1. The Labute approximate surface area is 163 Å². The summed E-state index contributed by atoms with van der Waals surface area (Å²) >= 11 is 9.17. The number of nitrogens with zero attached hydrogens (tertiary/aromatic N) is 3. The van der Waals surface area contributed by atoms with Crippen molar-refractivity contribution in [2.24, 2.45) is 5.10 Å². The first-order valence-corrected chi connectivity index (χ1v) is 8.78. The van der Waals surface area contributed by atoms with Crippen LogP contribution in [-0.2, 0) is 6.54 Å². The molecule has 0 atom stereocenters. The second-order valence-corrected chi connectivity index (χ2v) is 6.78. The largest absolute Gasteiger partial charge is 0.507 e. The summed E-state index contributed by atoms with van der Waals surface area (Å²) in [4.78, 5) is 12.1. The monoisotopic (exact) mass is 432 g/mol. The molecule has 8 heteroatoms. The minimum atomic E-state index is -0.439. The molecule has 0 spiro atoms. The maximum absolute atomic E-state index is 12.1. The van der Waals surface area contributed by atoms with Gasteiger partial charge in [-0.3, -0.25) is 9.48 Å². The SMILES string of the molecule is O=C(N/N=C\c1cc(Br)ccc1O)c1ccn(Cc2ccc(Cl)cc2)n1. The lowest BCUT2D eigenvalue weighted by Crippen LogP contribution is -2.18. The Hall–Kier alpha value is -2.64. The van der Waals surface area contributed by atoms with Crippen LogP contribution in [0.15, 0.2) is 64.3 Å². The molecule has 0 radical (unpaired) electrons. The molecule has 0 bridgehead atoms. The van der Waals surface area contributed by atoms with Gasteiger partial charge in [0, 0.05) is 21.3 Å². The van der Waals surface area contributed by atoms with Crippen molar-refractivity contribution >= 4 is 39.7 Å². The fraction of sp³-hybridized carbons (Fsp3) is 0.0556. The standard InChI is InChI=1S/C18H14BrClN4O2/c19-14-3-6-17(25)13(9-14)10-21-22-18(26)16-7-8-24(23-16)11-12-1-4-15(20)5-2-12/h1-10,25H,11H2,(H,22,26)/b21-10-. The maximum atomic E-state index is 12.1. The van der Waals surface area contributed by atoms with Crippen molar-refractivity contribution in [1.29, 1.82) is 0 Å². The van der Waals surface area contributed by atoms with Gasteiger partial charge in [-0.2, -0.15) is 10.2 Å². The molecule has 0 saturated heterocycles. The second kappa shape index (κ2) is 8.16. The Balaban J connectivity index is 1.62. The molecule has 0 saturated carbocycles. The first-order chi connectivity index (χ1) is 12.5. The smallest absolute Gasteiger partial charge is 0.291 e. The number of hydrogen-bond donors (Lipinski definition) is 2. The summed E-state index contributed by atoms with van der Waals surface area (Å²) in [6, 6.07) is 13.9. The number of aromatic nitrogens is 2. The Bertz CT molecular complexity index is 954. The number of rotatable bonds is 5. The number of amides is 1. The average molecular weight is 434 g/mol. The molecule has 0 unspecified atom stereocenters. The fourth-order valence-electron chi connectivity index (χ4n) is 2.19. The zero-order valence-corrected chi connectivity index (χ0v) is 15.8. The molecule has 0 aliphatic carbocycles. The number of phenols is 1. The van der Waals surface area contributed by atoms with Crippen molar-refractivity contribution in [1.82, 2.24) is 15.2 Å². The average Bonchev–Trinajstić information content (AvgIpc) is 3.08. The third-order valence-electron chi connectivity index (χ3n) is 3.49. The van der Waals surface area contributed by atoms with E-state index in [-0.39, 0.29) is 11.4 Å². The van der Waals surface area contributed by atoms with Crippen LogP contribution in [-0.4, -0.2) is 27.0 Å². The van der Waals surface area contributed by atoms with E-state index in [4.69, 9.17) is 11.6 Å². The van der Waals surface area contributed by atoms with E-state index in [1.54, 1.807) is 41.2 Å². The van der Waals surface area contributed by atoms with Crippen molar-refractivity contribution in [3.8, 4) is 5.75 Å². The molecule has 2 aromatic carbocycles. The van der Waals surface area contributed by atoms with Crippen LogP contribution >= 0.6 is 27.5 Å². The molecule has 26 heavy (non-hydrogen) atoms. The molecule has 2 N–H and O–H groups in total. The summed E-state index contributed by atoms with van der Waals surface area (Å²) in [6.45, 7) is 0.527. The lowest BCUT2D eigenvalue weighted by molar-refractivity contribution is 0.0949. The van der Waals surface area contributed by atoms with Crippen LogP contribution in [0.25, 0.3) is 0 Å². The number of carbonyl (C=O) groups excluding carboxylic acids is 1. The minimum Gasteiger partial charge on any atom is -0.507 e. The number of halogens is 2. The number of aromatic hydroxyl groups is 1. The third kappa shape index (κ3) is 4.71. The summed E-state index contributed by atoms with van der Waals surface area (Å²) in [7, 11) is 0. The third-order valence-corrected chi connectivity index (χ3v) is 4.24. The first kappa shape index (κ1) is 18.2. The Kier molecular flexibility index (Phi) is 5.70. The molecule has 3 rings (SSSR count). The van der Waals surface area contributed by atoms with Gasteiger partial charge >= 0.3 is 0 Å². The molecule has 6 nitrogen and oxygen atoms in total. The second-order valence-electron chi connectivity index (χ2n) is 5.43. The Morgan fingerprint density at radius 3 is 2.81 bits per heavy atom. The van der Waals surface area contributed by atoms with Crippen LogP contribution in [0.4, 0.5) is 0 Å². The van der Waals surface area contributed by atoms with Crippen LogP contribution in [0, 0.1) is 0 Å². The highest BCUT2D eigenvalue weighted by molar-refractivity contribution is 9.10. The Morgan fingerprint density at radius 1 is 1.27 bits per heavy atom. The maximum Gasteiger partial charge on any atom is 0.291 e. The van der Waals surface area contributed by atoms with Crippen LogP contribution < -0.4 is 5.43 Å². The number of benzene rings is 2. The van der Waals surface area contributed by atoms with Crippen molar-refractivity contribution in [3.05, 3.63) is 81.0 Å². The number of nitrogens with one attached hydrogen (secondary N) is 1. The molecular weight excluding hydrogens is 420 g/mol. The van der Waals surface area contributed by atoms with Crippen molar-refractivity contribution in [3.63, 3.8) is 0 Å². The van der Waals surface area contributed by atoms with Gasteiger partial charge < -0.3 is 5.11 Å². The summed E-state index contributed by atoms with van der Waals surface area (Å²) in [5, 5.41) is 18.5. The minimum absolute atomic E-state index is 0.0680. The topological polar surface area (TPSA) is 79.5 Å². The van der Waals surface area contributed by atoms with E-state index in [0.717, 1.165) is 10.0 Å². The quantitative estimate of drug-likeness (QED) is 0.474. The van der Waals surface area contributed by atoms with Crippen molar-refractivity contribution < 1.29 is 9.90 Å². The molecule has 0 aliphatic rings. The summed E-state index contributed by atoms with van der Waals surface area (Å²) in [5.74, 6) is -0.371. The molecule has 132 valence electrons. The van der Waals surface area contributed by atoms with Gasteiger partial charge in [-0.1, -0.05) is 39.7 Å². The predicted octanol–water partition coefficient (Wildman–Crippen LogP) is 3.82.